The van der Waals surface area contributed by atoms with Gasteiger partial charge in [0.15, 0.2) is 0 Å². The van der Waals surface area contributed by atoms with Crippen LogP contribution in [0.15, 0.2) is 24.3 Å². The van der Waals surface area contributed by atoms with Crippen LogP contribution in [0.1, 0.15) is 12.5 Å². The Balaban J connectivity index is 2.43. The van der Waals surface area contributed by atoms with Crippen LogP contribution < -0.4 is 15.4 Å². The maximum Gasteiger partial charge on any atom is 0.221 e. The van der Waals surface area contributed by atoms with E-state index in [0.717, 1.165) is 17.5 Å². The van der Waals surface area contributed by atoms with Crippen LogP contribution >= 0.6 is 0 Å². The van der Waals surface area contributed by atoms with Gasteiger partial charge in [-0.15, -0.1) is 0 Å². The molecule has 6 nitrogen and oxygen atoms in total. The Morgan fingerprint density at radius 3 is 2.53 bits per heavy atom. The molecule has 0 heterocycles. The smallest absolute Gasteiger partial charge is 0.221 e. The molecule has 1 aromatic carbocycles. The highest BCUT2D eigenvalue weighted by Gasteiger charge is 2.03. The second kappa shape index (κ2) is 7.22. The van der Waals surface area contributed by atoms with Gasteiger partial charge in [-0.3, -0.25) is 4.79 Å². The summed E-state index contributed by atoms with van der Waals surface area (Å²) >= 11 is 0. The fraction of sp³-hybridized carbons (Fsp3) is 0.417. The van der Waals surface area contributed by atoms with Gasteiger partial charge in [-0.2, -0.15) is 0 Å². The number of sulfonamides is 1. The summed E-state index contributed by atoms with van der Waals surface area (Å²) in [5, 5.41) is 5.86. The minimum absolute atomic E-state index is 0.119. The number of carbonyl (C=O) groups excluding carboxylic acids is 1. The maximum atomic E-state index is 11.0. The molecule has 0 spiro atoms. The Morgan fingerprint density at radius 1 is 1.21 bits per heavy atom. The first-order valence-corrected chi connectivity index (χ1v) is 7.78. The van der Waals surface area contributed by atoms with Crippen molar-refractivity contribution in [1.29, 1.82) is 0 Å². The van der Waals surface area contributed by atoms with Gasteiger partial charge in [-0.1, -0.05) is 18.2 Å². The zero-order valence-corrected chi connectivity index (χ0v) is 11.9. The molecule has 0 radical (unpaired) electrons. The third-order valence-electron chi connectivity index (χ3n) is 2.31. The molecule has 0 fully saturated rings. The van der Waals surface area contributed by atoms with Crippen LogP contribution in [0.25, 0.3) is 0 Å². The van der Waals surface area contributed by atoms with Crippen molar-refractivity contribution in [2.75, 3.05) is 24.7 Å². The van der Waals surface area contributed by atoms with E-state index < -0.39 is 10.0 Å². The topological polar surface area (TPSA) is 87.3 Å². The van der Waals surface area contributed by atoms with Crippen LogP contribution in [-0.2, 0) is 21.4 Å². The van der Waals surface area contributed by atoms with E-state index in [1.54, 1.807) is 0 Å². The van der Waals surface area contributed by atoms with Gasteiger partial charge in [-0.05, 0) is 11.6 Å². The predicted octanol–water partition coefficient (Wildman–Crippen LogP) is 0.284. The van der Waals surface area contributed by atoms with E-state index in [4.69, 9.17) is 0 Å². The average molecular weight is 285 g/mol. The normalized spacial score (nSPS) is 11.3. The Bertz CT molecular complexity index is 529. The standard InChI is InChI=1S/C12H19N3O3S/c1-10(16)15-12-6-4-3-5-11(12)9-13-7-8-14-19(2,17)18/h3-6,13-14H,7-9H2,1-2H3,(H,15,16). The van der Waals surface area contributed by atoms with E-state index in [-0.39, 0.29) is 5.91 Å². The Kier molecular flexibility index (Phi) is 5.94. The molecule has 0 aliphatic rings. The van der Waals surface area contributed by atoms with Crippen LogP contribution in [0.4, 0.5) is 5.69 Å². The lowest BCUT2D eigenvalue weighted by molar-refractivity contribution is -0.114. The van der Waals surface area contributed by atoms with Gasteiger partial charge in [0.2, 0.25) is 15.9 Å². The van der Waals surface area contributed by atoms with Gasteiger partial charge >= 0.3 is 0 Å². The maximum absolute atomic E-state index is 11.0. The van der Waals surface area contributed by atoms with Crippen molar-refractivity contribution < 1.29 is 13.2 Å². The van der Waals surface area contributed by atoms with E-state index >= 15 is 0 Å². The van der Waals surface area contributed by atoms with Crippen molar-refractivity contribution in [3.8, 4) is 0 Å². The van der Waals surface area contributed by atoms with Crippen LogP contribution in [-0.4, -0.2) is 33.7 Å². The number of hydrogen-bond donors (Lipinski definition) is 3. The summed E-state index contributed by atoms with van der Waals surface area (Å²) in [6.07, 6.45) is 1.12. The molecule has 0 unspecified atom stereocenters. The number of anilines is 1. The van der Waals surface area contributed by atoms with Crippen molar-refractivity contribution in [3.05, 3.63) is 29.8 Å². The number of para-hydroxylation sites is 1. The molecule has 0 aliphatic carbocycles. The number of rotatable bonds is 7. The highest BCUT2D eigenvalue weighted by Crippen LogP contribution is 2.14. The van der Waals surface area contributed by atoms with Crippen LogP contribution in [0.5, 0.6) is 0 Å². The van der Waals surface area contributed by atoms with Crippen molar-refractivity contribution >= 4 is 21.6 Å². The lowest BCUT2D eigenvalue weighted by Crippen LogP contribution is -2.31. The largest absolute Gasteiger partial charge is 0.326 e. The van der Waals surface area contributed by atoms with Crippen molar-refractivity contribution in [2.45, 2.75) is 13.5 Å². The molecule has 0 bridgehead atoms. The second-order valence-electron chi connectivity index (χ2n) is 4.18. The zero-order valence-electron chi connectivity index (χ0n) is 11.1. The molecule has 0 saturated heterocycles. The number of benzene rings is 1. The summed E-state index contributed by atoms with van der Waals surface area (Å²) in [6, 6.07) is 7.46. The number of amides is 1. The zero-order chi connectivity index (χ0) is 14.3. The highest BCUT2D eigenvalue weighted by atomic mass is 32.2. The summed E-state index contributed by atoms with van der Waals surface area (Å²) in [5.41, 5.74) is 1.72. The molecule has 0 saturated carbocycles. The molecule has 0 atom stereocenters. The fourth-order valence-electron chi connectivity index (χ4n) is 1.53. The first kappa shape index (κ1) is 15.6. The minimum atomic E-state index is -3.14. The molecule has 19 heavy (non-hydrogen) atoms. The summed E-state index contributed by atoms with van der Waals surface area (Å²) in [4.78, 5) is 11.0. The molecular formula is C12H19N3O3S. The molecule has 0 aliphatic heterocycles. The first-order valence-electron chi connectivity index (χ1n) is 5.89. The Labute approximate surface area is 113 Å². The number of nitrogens with one attached hydrogen (secondary N) is 3. The quantitative estimate of drug-likeness (QED) is 0.628. The lowest BCUT2D eigenvalue weighted by atomic mass is 10.1. The van der Waals surface area contributed by atoms with Crippen LogP contribution in [0.3, 0.4) is 0 Å². The van der Waals surface area contributed by atoms with Gasteiger partial charge in [-0.25, -0.2) is 13.1 Å². The van der Waals surface area contributed by atoms with Crippen molar-refractivity contribution in [2.24, 2.45) is 0 Å². The summed E-state index contributed by atoms with van der Waals surface area (Å²) < 4.78 is 24.1. The first-order chi connectivity index (χ1) is 8.88. The van der Waals surface area contributed by atoms with Crippen LogP contribution in [0, 0.1) is 0 Å². The fourth-order valence-corrected chi connectivity index (χ4v) is 2.01. The van der Waals surface area contributed by atoms with E-state index in [0.29, 0.717) is 19.6 Å². The van der Waals surface area contributed by atoms with E-state index in [1.807, 2.05) is 24.3 Å². The van der Waals surface area contributed by atoms with E-state index in [9.17, 15) is 13.2 Å². The van der Waals surface area contributed by atoms with E-state index in [2.05, 4.69) is 15.4 Å². The Hall–Kier alpha value is -1.44. The summed E-state index contributed by atoms with van der Waals surface area (Å²) in [7, 11) is -3.14. The molecule has 3 N–H and O–H groups in total. The SMILES string of the molecule is CC(=O)Nc1ccccc1CNCCNS(C)(=O)=O. The summed E-state index contributed by atoms with van der Waals surface area (Å²) in [5.74, 6) is -0.119. The van der Waals surface area contributed by atoms with Gasteiger partial charge in [0, 0.05) is 32.2 Å². The third-order valence-corrected chi connectivity index (χ3v) is 3.04. The molecule has 0 aromatic heterocycles. The van der Waals surface area contributed by atoms with Gasteiger partial charge < -0.3 is 10.6 Å². The third kappa shape index (κ3) is 6.90. The molecule has 106 valence electrons. The predicted molar refractivity (Wildman–Crippen MR) is 75.3 cm³/mol. The van der Waals surface area contributed by atoms with Gasteiger partial charge in [0.1, 0.15) is 0 Å². The van der Waals surface area contributed by atoms with E-state index in [1.165, 1.54) is 6.92 Å². The van der Waals surface area contributed by atoms with Gasteiger partial charge in [0.05, 0.1) is 6.26 Å². The number of hydrogen-bond acceptors (Lipinski definition) is 4. The summed E-state index contributed by atoms with van der Waals surface area (Å²) in [6.45, 7) is 2.87. The van der Waals surface area contributed by atoms with Crippen LogP contribution in [0.2, 0.25) is 0 Å². The molecule has 1 amide bonds. The molecule has 7 heteroatoms. The molecular weight excluding hydrogens is 266 g/mol. The Morgan fingerprint density at radius 2 is 1.89 bits per heavy atom. The lowest BCUT2D eigenvalue weighted by Gasteiger charge is -2.10. The van der Waals surface area contributed by atoms with Gasteiger partial charge in [0.25, 0.3) is 0 Å². The number of carbonyl (C=O) groups is 1. The molecule has 1 rings (SSSR count). The highest BCUT2D eigenvalue weighted by molar-refractivity contribution is 7.88. The average Bonchev–Trinajstić information content (AvgIpc) is 2.28. The van der Waals surface area contributed by atoms with Crippen molar-refractivity contribution in [3.63, 3.8) is 0 Å². The minimum Gasteiger partial charge on any atom is -0.326 e. The molecule has 1 aromatic rings. The monoisotopic (exact) mass is 285 g/mol. The second-order valence-corrected chi connectivity index (χ2v) is 6.01. The van der Waals surface area contributed by atoms with Crippen molar-refractivity contribution in [1.82, 2.24) is 10.0 Å².